The molecule has 5 heterocycles. The molecule has 8 rings (SSSR count). The predicted octanol–water partition coefficient (Wildman–Crippen LogP) is 7.81. The number of amides is 4. The maximum absolute atomic E-state index is 13.7. The van der Waals surface area contributed by atoms with Gasteiger partial charge in [0.05, 0.1) is 32.0 Å². The SMILES string of the molecule is COC(=O)N[C@H](C(=O)N1CCC[C@H]1C1=NC=C(c2ccc3c(c2)Oc2cc(-c4ccc5c(c4)CC([C@@H]4CCCN4C(=O)[C@@H](NC(=O)OC)C(C)C)=N5)ccc2O3)C1)C(C)C. The molecule has 4 amide bonds. The van der Waals surface area contributed by atoms with E-state index >= 15 is 0 Å². The molecular formula is C46H52N6O8. The number of nitrogens with zero attached hydrogens (tertiary/aromatic N) is 4. The van der Waals surface area contributed by atoms with Crippen LogP contribution in [0.2, 0.25) is 0 Å². The first kappa shape index (κ1) is 40.6. The zero-order chi connectivity index (χ0) is 42.2. The van der Waals surface area contributed by atoms with Crippen LogP contribution in [0.15, 0.2) is 70.8 Å². The number of likely N-dealkylation sites (tertiary alicyclic amines) is 2. The number of carbonyl (C=O) groups excluding carboxylic acids is 4. The maximum atomic E-state index is 13.7. The van der Waals surface area contributed by atoms with Gasteiger partial charge in [-0.3, -0.25) is 19.6 Å². The lowest BCUT2D eigenvalue weighted by Crippen LogP contribution is -2.53. The number of nitrogens with one attached hydrogen (secondary N) is 2. The van der Waals surface area contributed by atoms with E-state index < -0.39 is 24.3 Å². The number of alkyl carbamates (subject to hydrolysis) is 2. The minimum atomic E-state index is -0.687. The number of rotatable bonds is 10. The maximum Gasteiger partial charge on any atom is 0.407 e. The molecule has 0 spiro atoms. The molecule has 14 nitrogen and oxygen atoms in total. The molecule has 3 aromatic carbocycles. The second-order valence-electron chi connectivity index (χ2n) is 16.7. The van der Waals surface area contributed by atoms with Crippen molar-refractivity contribution in [2.24, 2.45) is 21.8 Å². The van der Waals surface area contributed by atoms with Gasteiger partial charge in [-0.15, -0.1) is 0 Å². The van der Waals surface area contributed by atoms with Gasteiger partial charge in [0.25, 0.3) is 0 Å². The van der Waals surface area contributed by atoms with Gasteiger partial charge in [0.1, 0.15) is 12.1 Å². The van der Waals surface area contributed by atoms with Crippen LogP contribution >= 0.6 is 0 Å². The Morgan fingerprint density at radius 2 is 1.18 bits per heavy atom. The first-order valence-electron chi connectivity index (χ1n) is 20.8. The molecule has 2 saturated heterocycles. The van der Waals surface area contributed by atoms with E-state index in [2.05, 4.69) is 22.8 Å². The fraction of sp³-hybridized carbons (Fsp3) is 0.435. The number of allylic oxidation sites excluding steroid dienone is 1. The van der Waals surface area contributed by atoms with Crippen molar-refractivity contribution in [3.63, 3.8) is 0 Å². The highest BCUT2D eigenvalue weighted by Gasteiger charge is 2.40. The summed E-state index contributed by atoms with van der Waals surface area (Å²) in [5, 5.41) is 5.44. The molecule has 0 aliphatic carbocycles. The first-order chi connectivity index (χ1) is 28.9. The topological polar surface area (TPSA) is 160 Å². The largest absolute Gasteiger partial charge is 0.453 e. The molecule has 0 unspecified atom stereocenters. The number of hydrogen-bond acceptors (Lipinski definition) is 10. The third-order valence-electron chi connectivity index (χ3n) is 12.1. The Labute approximate surface area is 350 Å². The fourth-order valence-corrected chi connectivity index (χ4v) is 8.90. The lowest BCUT2D eigenvalue weighted by Gasteiger charge is -2.31. The van der Waals surface area contributed by atoms with Gasteiger partial charge >= 0.3 is 12.2 Å². The monoisotopic (exact) mass is 816 g/mol. The summed E-state index contributed by atoms with van der Waals surface area (Å²) in [7, 11) is 2.59. The average molecular weight is 817 g/mol. The zero-order valence-corrected chi connectivity index (χ0v) is 34.9. The van der Waals surface area contributed by atoms with Crippen LogP contribution in [-0.4, -0.2) is 96.7 Å². The third-order valence-corrected chi connectivity index (χ3v) is 12.1. The molecule has 5 aliphatic rings. The van der Waals surface area contributed by atoms with Gasteiger partial charge in [-0.1, -0.05) is 45.9 Å². The van der Waals surface area contributed by atoms with Crippen LogP contribution in [0.5, 0.6) is 23.0 Å². The Bertz CT molecular complexity index is 2320. The summed E-state index contributed by atoms with van der Waals surface area (Å²) < 4.78 is 22.4. The first-order valence-corrected chi connectivity index (χ1v) is 20.8. The van der Waals surface area contributed by atoms with E-state index in [0.29, 0.717) is 48.9 Å². The van der Waals surface area contributed by atoms with Crippen LogP contribution in [0.3, 0.4) is 0 Å². The van der Waals surface area contributed by atoms with Crippen LogP contribution in [-0.2, 0) is 25.5 Å². The smallest absolute Gasteiger partial charge is 0.407 e. The zero-order valence-electron chi connectivity index (χ0n) is 34.9. The summed E-state index contributed by atoms with van der Waals surface area (Å²) >= 11 is 0. The quantitative estimate of drug-likeness (QED) is 0.164. The molecular weight excluding hydrogens is 765 g/mol. The lowest BCUT2D eigenvalue weighted by molar-refractivity contribution is -0.134. The van der Waals surface area contributed by atoms with Gasteiger partial charge in [-0.25, -0.2) is 9.59 Å². The minimum absolute atomic E-state index is 0.103. The standard InChI is InChI=1S/C46H52N6O8/c1-25(2)41(49-45(55)57-5)43(53)51-17-7-9-35(51)33-21-31(24-47-33)29-13-16-38-40(23-29)60-39-22-28(12-15-37(39)59-38)27-11-14-32-30(19-27)20-34(48-32)36-10-8-18-52(36)44(54)42(26(3)4)50-46(56)58-6/h11-16,19,22-26,35-36,41-42H,7-10,17-18,20-21H2,1-6H3,(H,49,55)(H,50,56)/t35-,36-,41-,42-/m0/s1. The van der Waals surface area contributed by atoms with Crippen molar-refractivity contribution in [1.29, 1.82) is 0 Å². The van der Waals surface area contributed by atoms with Crippen LogP contribution < -0.4 is 20.1 Å². The highest BCUT2D eigenvalue weighted by Crippen LogP contribution is 2.48. The number of hydrogen-bond donors (Lipinski definition) is 2. The number of carbonyl (C=O) groups is 4. The van der Waals surface area contributed by atoms with Crippen LogP contribution in [0, 0.1) is 11.8 Å². The molecule has 314 valence electrons. The Kier molecular flexibility index (Phi) is 11.4. The molecule has 0 radical (unpaired) electrons. The summed E-state index contributed by atoms with van der Waals surface area (Å²) in [6.07, 6.45) is 5.22. The second kappa shape index (κ2) is 16.8. The Morgan fingerprint density at radius 3 is 1.77 bits per heavy atom. The van der Waals surface area contributed by atoms with E-state index in [1.54, 1.807) is 0 Å². The number of methoxy groups -OCH3 is 2. The molecule has 0 bridgehead atoms. The number of benzene rings is 3. The summed E-state index contributed by atoms with van der Waals surface area (Å²) in [6.45, 7) is 8.86. The van der Waals surface area contributed by atoms with Gasteiger partial charge in [0.15, 0.2) is 23.0 Å². The van der Waals surface area contributed by atoms with E-state index in [4.69, 9.17) is 28.9 Å². The Hall–Kier alpha value is -6.18. The highest BCUT2D eigenvalue weighted by atomic mass is 16.6. The van der Waals surface area contributed by atoms with Crippen molar-refractivity contribution in [2.75, 3.05) is 27.3 Å². The molecule has 0 saturated carbocycles. The summed E-state index contributed by atoms with van der Waals surface area (Å²) in [5.41, 5.74) is 7.83. The van der Waals surface area contributed by atoms with E-state index in [1.807, 2.05) is 86.2 Å². The van der Waals surface area contributed by atoms with Gasteiger partial charge in [-0.05, 0) is 102 Å². The van der Waals surface area contributed by atoms with Gasteiger partial charge < -0.3 is 39.4 Å². The van der Waals surface area contributed by atoms with Crippen molar-refractivity contribution in [1.82, 2.24) is 20.4 Å². The summed E-state index contributed by atoms with van der Waals surface area (Å²) in [5.74, 6) is 1.99. The Morgan fingerprint density at radius 1 is 0.667 bits per heavy atom. The minimum Gasteiger partial charge on any atom is -0.453 e. The third kappa shape index (κ3) is 7.94. The molecule has 2 fully saturated rings. The van der Waals surface area contributed by atoms with Gasteiger partial charge in [0.2, 0.25) is 11.8 Å². The van der Waals surface area contributed by atoms with Crippen LogP contribution in [0.1, 0.15) is 70.9 Å². The van der Waals surface area contributed by atoms with Crippen molar-refractivity contribution in [2.45, 2.75) is 90.4 Å². The molecule has 14 heteroatoms. The molecule has 2 N–H and O–H groups in total. The summed E-state index contributed by atoms with van der Waals surface area (Å²) in [6, 6.07) is 16.4. The molecule has 4 atom stereocenters. The number of ether oxygens (including phenoxy) is 4. The van der Waals surface area contributed by atoms with E-state index in [1.165, 1.54) is 14.2 Å². The van der Waals surface area contributed by atoms with Crippen molar-refractivity contribution >= 4 is 46.7 Å². The van der Waals surface area contributed by atoms with E-state index in [0.717, 1.165) is 70.6 Å². The molecule has 0 aromatic heterocycles. The number of fused-ring (bicyclic) bond motifs is 3. The van der Waals surface area contributed by atoms with Gasteiger partial charge in [0, 0.05) is 43.6 Å². The molecule has 3 aromatic rings. The van der Waals surface area contributed by atoms with E-state index in [9.17, 15) is 19.2 Å². The predicted molar refractivity (Wildman–Crippen MR) is 227 cm³/mol. The van der Waals surface area contributed by atoms with Crippen LogP contribution in [0.4, 0.5) is 15.3 Å². The highest BCUT2D eigenvalue weighted by molar-refractivity contribution is 6.04. The normalized spacial score (nSPS) is 19.9. The molecule has 60 heavy (non-hydrogen) atoms. The van der Waals surface area contributed by atoms with Crippen molar-refractivity contribution in [3.05, 3.63) is 71.9 Å². The fourth-order valence-electron chi connectivity index (χ4n) is 8.90. The second-order valence-corrected chi connectivity index (χ2v) is 16.7. The summed E-state index contributed by atoms with van der Waals surface area (Å²) in [4.78, 5) is 65.0. The van der Waals surface area contributed by atoms with Gasteiger partial charge in [-0.2, -0.15) is 0 Å². The van der Waals surface area contributed by atoms with E-state index in [-0.39, 0.29) is 35.7 Å². The van der Waals surface area contributed by atoms with Crippen LogP contribution in [0.25, 0.3) is 16.7 Å². The number of aliphatic imine (C=N–C) groups is 2. The molecule has 5 aliphatic heterocycles. The Balaban J connectivity index is 0.926. The average Bonchev–Trinajstić information content (AvgIpc) is 4.09. The lowest BCUT2D eigenvalue weighted by atomic mass is 9.97. The van der Waals surface area contributed by atoms with Crippen molar-refractivity contribution < 1.29 is 38.1 Å². The van der Waals surface area contributed by atoms with Crippen molar-refractivity contribution in [3.8, 4) is 34.1 Å².